The van der Waals surface area contributed by atoms with Crippen LogP contribution in [0.2, 0.25) is 0 Å². The molecular weight excluding hydrogens is 164 g/mol. The fraction of sp³-hybridized carbons (Fsp3) is 0.625. The fourth-order valence-electron chi connectivity index (χ4n) is 0.611. The normalized spacial score (nSPS) is 16.4. The molecule has 0 fully saturated rings. The van der Waals surface area contributed by atoms with Gasteiger partial charge in [0, 0.05) is 12.3 Å². The first-order valence-electron chi connectivity index (χ1n) is 3.52. The smallest absolute Gasteiger partial charge is 0.303 e. The molecule has 2 atom stereocenters. The fourth-order valence-corrected chi connectivity index (χ4v) is 0.695. The van der Waals surface area contributed by atoms with E-state index in [4.69, 9.17) is 16.3 Å². The lowest BCUT2D eigenvalue weighted by Crippen LogP contribution is -2.09. The summed E-state index contributed by atoms with van der Waals surface area (Å²) in [6.07, 6.45) is 3.36. The van der Waals surface area contributed by atoms with Crippen molar-refractivity contribution in [1.29, 1.82) is 0 Å². The summed E-state index contributed by atoms with van der Waals surface area (Å²) in [5, 5.41) is -0.0204. The molecule has 0 heterocycles. The van der Waals surface area contributed by atoms with Crippen molar-refractivity contribution >= 4 is 17.6 Å². The quantitative estimate of drug-likeness (QED) is 0.374. The molecule has 0 aromatic rings. The highest BCUT2D eigenvalue weighted by Crippen LogP contribution is 1.99. The van der Waals surface area contributed by atoms with Gasteiger partial charge in [-0.3, -0.25) is 4.79 Å². The number of ether oxygens (including phenoxy) is 1. The van der Waals surface area contributed by atoms with Crippen LogP contribution < -0.4 is 0 Å². The Labute approximate surface area is 72.2 Å². The Morgan fingerprint density at radius 1 is 1.45 bits per heavy atom. The van der Waals surface area contributed by atoms with E-state index in [1.165, 1.54) is 6.92 Å². The van der Waals surface area contributed by atoms with Crippen molar-refractivity contribution in [1.82, 2.24) is 0 Å². The van der Waals surface area contributed by atoms with Gasteiger partial charge in [0.05, 0.1) is 0 Å². The van der Waals surface area contributed by atoms with Crippen molar-refractivity contribution in [2.75, 3.05) is 0 Å². The van der Waals surface area contributed by atoms with E-state index in [9.17, 15) is 4.79 Å². The molecular formula is C8H13ClO2. The van der Waals surface area contributed by atoms with Crippen molar-refractivity contribution in [2.45, 2.75) is 32.3 Å². The molecule has 2 nitrogen and oxygen atoms in total. The molecule has 0 saturated heterocycles. The van der Waals surface area contributed by atoms with E-state index in [1.807, 2.05) is 6.92 Å². The highest BCUT2D eigenvalue weighted by atomic mass is 35.5. The molecule has 0 aliphatic carbocycles. The molecule has 0 rings (SSSR count). The van der Waals surface area contributed by atoms with Crippen LogP contribution in [0, 0.1) is 0 Å². The maximum atomic E-state index is 10.4. The highest BCUT2D eigenvalue weighted by molar-refractivity contribution is 6.21. The number of rotatable bonds is 3. The summed E-state index contributed by atoms with van der Waals surface area (Å²) in [7, 11) is 0. The third-order valence-corrected chi connectivity index (χ3v) is 1.14. The molecule has 0 aliphatic rings. The van der Waals surface area contributed by atoms with Crippen LogP contribution >= 0.6 is 11.6 Å². The number of hydrogen-bond acceptors (Lipinski definition) is 2. The molecule has 0 unspecified atom stereocenters. The van der Waals surface area contributed by atoms with Gasteiger partial charge in [-0.15, -0.1) is 11.6 Å². The molecule has 0 spiro atoms. The first kappa shape index (κ1) is 10.5. The van der Waals surface area contributed by atoms with Crippen LogP contribution in [0.15, 0.2) is 12.2 Å². The van der Waals surface area contributed by atoms with E-state index in [0.29, 0.717) is 0 Å². The zero-order valence-electron chi connectivity index (χ0n) is 7.00. The molecule has 11 heavy (non-hydrogen) atoms. The number of carbonyl (C=O) groups is 1. The molecule has 0 bridgehead atoms. The minimum atomic E-state index is -0.274. The van der Waals surface area contributed by atoms with Crippen LogP contribution in [-0.4, -0.2) is 17.5 Å². The highest BCUT2D eigenvalue weighted by Gasteiger charge is 1.99. The number of carbonyl (C=O) groups excluding carboxylic acids is 1. The van der Waals surface area contributed by atoms with Gasteiger partial charge in [0.15, 0.2) is 0 Å². The largest absolute Gasteiger partial charge is 0.459 e. The van der Waals surface area contributed by atoms with Crippen LogP contribution in [0.5, 0.6) is 0 Å². The van der Waals surface area contributed by atoms with Crippen molar-refractivity contribution < 1.29 is 9.53 Å². The monoisotopic (exact) mass is 176 g/mol. The summed E-state index contributed by atoms with van der Waals surface area (Å²) in [6.45, 7) is 5.02. The Balaban J connectivity index is 3.68. The molecule has 0 saturated carbocycles. The van der Waals surface area contributed by atoms with Gasteiger partial charge in [-0.2, -0.15) is 0 Å². The number of esters is 1. The maximum absolute atomic E-state index is 10.4. The topological polar surface area (TPSA) is 26.3 Å². The van der Waals surface area contributed by atoms with Gasteiger partial charge in [-0.1, -0.05) is 6.08 Å². The van der Waals surface area contributed by atoms with Crippen molar-refractivity contribution in [3.05, 3.63) is 12.2 Å². The first-order chi connectivity index (χ1) is 5.02. The molecule has 0 N–H and O–H groups in total. The predicted molar refractivity (Wildman–Crippen MR) is 45.7 cm³/mol. The number of halogens is 1. The number of hydrogen-bond donors (Lipinski definition) is 0. The molecule has 64 valence electrons. The van der Waals surface area contributed by atoms with Crippen LogP contribution in [0.25, 0.3) is 0 Å². The second-order valence-corrected chi connectivity index (χ2v) is 3.07. The lowest BCUT2D eigenvalue weighted by atomic mass is 10.3. The van der Waals surface area contributed by atoms with Gasteiger partial charge in [0.25, 0.3) is 0 Å². The third kappa shape index (κ3) is 7.40. The van der Waals surface area contributed by atoms with E-state index in [0.717, 1.165) is 0 Å². The van der Waals surface area contributed by atoms with Crippen molar-refractivity contribution in [2.24, 2.45) is 0 Å². The minimum Gasteiger partial charge on any atom is -0.459 e. The average Bonchev–Trinajstić information content (AvgIpc) is 1.82. The van der Waals surface area contributed by atoms with Gasteiger partial charge in [0.1, 0.15) is 6.10 Å². The zero-order chi connectivity index (χ0) is 8.85. The Morgan fingerprint density at radius 2 is 2.00 bits per heavy atom. The maximum Gasteiger partial charge on any atom is 0.303 e. The first-order valence-corrected chi connectivity index (χ1v) is 3.95. The van der Waals surface area contributed by atoms with Crippen LogP contribution in [0.4, 0.5) is 0 Å². The second-order valence-electron chi connectivity index (χ2n) is 2.38. The predicted octanol–water partition coefficient (Wildman–Crippen LogP) is 2.12. The van der Waals surface area contributed by atoms with Crippen LogP contribution in [0.1, 0.15) is 20.8 Å². The Kier molecular flexibility index (Phi) is 4.95. The van der Waals surface area contributed by atoms with Crippen LogP contribution in [-0.2, 0) is 9.53 Å². The number of alkyl halides is 1. The Hall–Kier alpha value is -0.500. The van der Waals surface area contributed by atoms with Gasteiger partial charge in [0.2, 0.25) is 0 Å². The summed E-state index contributed by atoms with van der Waals surface area (Å²) in [5.41, 5.74) is 0. The Morgan fingerprint density at radius 3 is 2.36 bits per heavy atom. The van der Waals surface area contributed by atoms with Gasteiger partial charge in [-0.05, 0) is 19.9 Å². The molecule has 3 heteroatoms. The van der Waals surface area contributed by atoms with Crippen molar-refractivity contribution in [3.8, 4) is 0 Å². The second kappa shape index (κ2) is 5.19. The van der Waals surface area contributed by atoms with E-state index in [-0.39, 0.29) is 17.5 Å². The van der Waals surface area contributed by atoms with E-state index in [1.54, 1.807) is 19.1 Å². The zero-order valence-corrected chi connectivity index (χ0v) is 7.76. The van der Waals surface area contributed by atoms with E-state index in [2.05, 4.69) is 0 Å². The molecule has 0 aliphatic heterocycles. The molecule has 0 amide bonds. The average molecular weight is 177 g/mol. The van der Waals surface area contributed by atoms with E-state index >= 15 is 0 Å². The third-order valence-electron chi connectivity index (χ3n) is 0.999. The Bertz CT molecular complexity index is 152. The summed E-state index contributed by atoms with van der Waals surface area (Å²) in [4.78, 5) is 10.4. The summed E-state index contributed by atoms with van der Waals surface area (Å²) in [6, 6.07) is 0. The van der Waals surface area contributed by atoms with E-state index < -0.39 is 0 Å². The SMILES string of the molecule is CC(=O)O[C@H](C)/C=C/[C@@H](C)Cl. The summed E-state index contributed by atoms with van der Waals surface area (Å²) < 4.78 is 4.82. The number of allylic oxidation sites excluding steroid dienone is 1. The van der Waals surface area contributed by atoms with Gasteiger partial charge < -0.3 is 4.74 Å². The summed E-state index contributed by atoms with van der Waals surface area (Å²) in [5.74, 6) is -0.274. The van der Waals surface area contributed by atoms with Gasteiger partial charge in [-0.25, -0.2) is 0 Å². The van der Waals surface area contributed by atoms with Gasteiger partial charge >= 0.3 is 5.97 Å². The summed E-state index contributed by atoms with van der Waals surface area (Å²) >= 11 is 5.63. The van der Waals surface area contributed by atoms with Crippen LogP contribution in [0.3, 0.4) is 0 Å². The van der Waals surface area contributed by atoms with Crippen molar-refractivity contribution in [3.63, 3.8) is 0 Å². The molecule has 0 radical (unpaired) electrons. The lowest BCUT2D eigenvalue weighted by molar-refractivity contribution is -0.143. The molecule has 0 aromatic heterocycles. The lowest BCUT2D eigenvalue weighted by Gasteiger charge is -2.05. The standard InChI is InChI=1S/C8H13ClO2/c1-6(9)4-5-7(2)11-8(3)10/h4-7H,1-3H3/b5-4+/t6-,7-/m1/s1. The minimum absolute atomic E-state index is 0.0204. The molecule has 0 aromatic carbocycles.